The lowest BCUT2D eigenvalue weighted by Crippen LogP contribution is -2.57. The SMILES string of the molecule is Cc1ncsc1-c1ccc(CNC(=O)[C@@H]2C[C@@H](O)CN2C(=O)C(NC(=O)CCCOCCCCCCOc2cc(F)c([C@@H]3c4[nH]c5ccccc5c4C[C@@H](C)N3CC(C)(C)F)c(F)c2)C(C)(C)C)cc1. The minimum absolute atomic E-state index is 0.000394. The van der Waals surface area contributed by atoms with Crippen LogP contribution in [-0.2, 0) is 32.1 Å². The molecule has 12 nitrogen and oxygen atoms in total. The quantitative estimate of drug-likeness (QED) is 0.0532. The zero-order valence-corrected chi connectivity index (χ0v) is 42.3. The fourth-order valence-electron chi connectivity index (χ4n) is 9.70. The number of aliphatic hydroxyl groups is 1. The number of unbranched alkanes of at least 4 members (excludes halogenated alkanes) is 3. The van der Waals surface area contributed by atoms with Crippen LogP contribution in [0.25, 0.3) is 21.3 Å². The van der Waals surface area contributed by atoms with Gasteiger partial charge in [-0.3, -0.25) is 19.3 Å². The topological polar surface area (TPSA) is 149 Å². The Morgan fingerprint density at radius 2 is 1.64 bits per heavy atom. The number of carbonyl (C=O) groups is 3. The molecule has 5 atom stereocenters. The Hall–Kier alpha value is -5.29. The van der Waals surface area contributed by atoms with Gasteiger partial charge in [0.1, 0.15) is 35.1 Å². The summed E-state index contributed by atoms with van der Waals surface area (Å²) in [5.41, 5.74) is 4.86. The number of benzene rings is 3. The minimum atomic E-state index is -1.59. The van der Waals surface area contributed by atoms with E-state index in [9.17, 15) is 19.5 Å². The standard InChI is InChI=1S/C54H69F3N6O6S/c1-33-25-40-39-15-10-11-16-43(39)60-47(40)48(63(33)31-54(6,7)57)46-41(55)27-38(28-42(46)56)69-24-13-9-8-12-22-68-23-14-17-45(65)61-50(53(3,4)5)52(67)62-30-37(64)26-44(62)51(66)58-29-35-18-20-36(21-19-35)49-34(2)59-32-70-49/h10-11,15-16,18-21,27-28,32-33,37,44,48,50,60,64H,8-9,12-14,17,22-26,29-31H2,1-7H3,(H,58,66)(H,61,65)/t33-,37-,44+,48-,50?/m1/s1. The van der Waals surface area contributed by atoms with E-state index in [0.29, 0.717) is 38.2 Å². The summed E-state index contributed by atoms with van der Waals surface area (Å²) < 4.78 is 58.8. The zero-order chi connectivity index (χ0) is 50.3. The van der Waals surface area contributed by atoms with Crippen LogP contribution in [0.4, 0.5) is 13.2 Å². The number of carbonyl (C=O) groups excluding carboxylic acids is 3. The maximum absolute atomic E-state index is 16.0. The third kappa shape index (κ3) is 13.0. The number of aryl methyl sites for hydroxylation is 1. The van der Waals surface area contributed by atoms with Crippen molar-refractivity contribution >= 4 is 40.0 Å². The smallest absolute Gasteiger partial charge is 0.246 e. The summed E-state index contributed by atoms with van der Waals surface area (Å²) in [5.74, 6) is -2.47. The minimum Gasteiger partial charge on any atom is -0.493 e. The van der Waals surface area contributed by atoms with Gasteiger partial charge in [-0.2, -0.15) is 0 Å². The number of hydrogen-bond donors (Lipinski definition) is 4. The van der Waals surface area contributed by atoms with Crippen LogP contribution in [0, 0.1) is 24.0 Å². The van der Waals surface area contributed by atoms with Gasteiger partial charge in [0.05, 0.1) is 34.8 Å². The number of para-hydroxylation sites is 1. The summed E-state index contributed by atoms with van der Waals surface area (Å²) >= 11 is 1.57. The van der Waals surface area contributed by atoms with E-state index in [1.54, 1.807) is 11.3 Å². The molecule has 0 bridgehead atoms. The first-order valence-corrected chi connectivity index (χ1v) is 25.5. The summed E-state index contributed by atoms with van der Waals surface area (Å²) in [5, 5.41) is 17.4. The van der Waals surface area contributed by atoms with Gasteiger partial charge in [-0.25, -0.2) is 18.2 Å². The van der Waals surface area contributed by atoms with E-state index in [4.69, 9.17) is 9.47 Å². The van der Waals surface area contributed by atoms with Gasteiger partial charge < -0.3 is 35.1 Å². The highest BCUT2D eigenvalue weighted by molar-refractivity contribution is 7.13. The molecule has 2 aromatic heterocycles. The number of fused-ring (bicyclic) bond motifs is 3. The molecule has 378 valence electrons. The number of nitrogens with one attached hydrogen (secondary N) is 3. The third-order valence-electron chi connectivity index (χ3n) is 13.3. The van der Waals surface area contributed by atoms with Gasteiger partial charge in [-0.15, -0.1) is 11.3 Å². The molecular formula is C54H69F3N6O6S. The number of ether oxygens (including phenoxy) is 2. The Kier molecular flexibility index (Phi) is 17.1. The number of β-amino-alcohol motifs (C(OH)–C–C–N with tert-alkyl or cyclic N) is 1. The highest BCUT2D eigenvalue weighted by Crippen LogP contribution is 2.44. The van der Waals surface area contributed by atoms with Crippen LogP contribution < -0.4 is 15.4 Å². The number of aromatic nitrogens is 2. The highest BCUT2D eigenvalue weighted by atomic mass is 32.1. The van der Waals surface area contributed by atoms with Crippen molar-refractivity contribution in [1.82, 2.24) is 30.4 Å². The van der Waals surface area contributed by atoms with Crippen LogP contribution >= 0.6 is 11.3 Å². The van der Waals surface area contributed by atoms with Gasteiger partial charge in [0.25, 0.3) is 0 Å². The van der Waals surface area contributed by atoms with E-state index in [-0.39, 0.29) is 68.3 Å². The fraction of sp³-hybridized carbons (Fsp3) is 0.519. The number of aliphatic hydroxyl groups excluding tert-OH is 1. The maximum Gasteiger partial charge on any atom is 0.246 e. The molecule has 1 unspecified atom stereocenters. The number of hydrogen-bond acceptors (Lipinski definition) is 9. The van der Waals surface area contributed by atoms with Crippen molar-refractivity contribution in [3.05, 3.63) is 106 Å². The van der Waals surface area contributed by atoms with E-state index >= 15 is 13.2 Å². The molecule has 1 fully saturated rings. The van der Waals surface area contributed by atoms with Crippen LogP contribution in [0.3, 0.4) is 0 Å². The number of amides is 3. The number of aromatic amines is 1. The molecule has 1 saturated heterocycles. The van der Waals surface area contributed by atoms with Gasteiger partial charge in [0, 0.05) is 86.0 Å². The first-order valence-electron chi connectivity index (χ1n) is 24.6. The summed E-state index contributed by atoms with van der Waals surface area (Å²) in [7, 11) is 0. The monoisotopic (exact) mass is 986 g/mol. The predicted octanol–water partition coefficient (Wildman–Crippen LogP) is 9.51. The number of likely N-dealkylation sites (tertiary alicyclic amines) is 1. The Morgan fingerprint density at radius 1 is 0.957 bits per heavy atom. The van der Waals surface area contributed by atoms with Crippen molar-refractivity contribution in [3.8, 4) is 16.2 Å². The third-order valence-corrected chi connectivity index (χ3v) is 14.2. The number of nitrogens with zero attached hydrogens (tertiary/aromatic N) is 3. The van der Waals surface area contributed by atoms with Gasteiger partial charge in [0.15, 0.2) is 0 Å². The molecule has 3 amide bonds. The van der Waals surface area contributed by atoms with E-state index < -0.39 is 52.9 Å². The number of thiazole rings is 1. The molecule has 4 N–H and O–H groups in total. The number of halogens is 3. The molecule has 0 radical (unpaired) electrons. The van der Waals surface area contributed by atoms with Crippen molar-refractivity contribution in [2.24, 2.45) is 5.41 Å². The first kappa shape index (κ1) is 52.5. The van der Waals surface area contributed by atoms with E-state index in [0.717, 1.165) is 57.4 Å². The Morgan fingerprint density at radius 3 is 2.31 bits per heavy atom. The summed E-state index contributed by atoms with van der Waals surface area (Å²) in [6.07, 6.45) is 3.56. The normalized spacial score (nSPS) is 19.0. The average Bonchev–Trinajstić information content (AvgIpc) is 4.02. The molecule has 0 saturated carbocycles. The van der Waals surface area contributed by atoms with E-state index in [2.05, 4.69) is 20.6 Å². The van der Waals surface area contributed by atoms with Gasteiger partial charge in [-0.1, -0.05) is 69.7 Å². The number of H-pyrrole nitrogens is 1. The Balaban J connectivity index is 0.808. The van der Waals surface area contributed by atoms with Gasteiger partial charge in [0.2, 0.25) is 17.7 Å². The van der Waals surface area contributed by atoms with Gasteiger partial charge >= 0.3 is 0 Å². The number of alkyl halides is 1. The Bertz CT molecular complexity index is 2570. The van der Waals surface area contributed by atoms with Crippen molar-refractivity contribution in [3.63, 3.8) is 0 Å². The molecular weight excluding hydrogens is 918 g/mol. The molecule has 4 heterocycles. The van der Waals surface area contributed by atoms with Crippen molar-refractivity contribution in [1.29, 1.82) is 0 Å². The molecule has 0 aliphatic carbocycles. The predicted molar refractivity (Wildman–Crippen MR) is 267 cm³/mol. The highest BCUT2D eigenvalue weighted by Gasteiger charge is 2.45. The molecule has 7 rings (SSSR count). The summed E-state index contributed by atoms with van der Waals surface area (Å²) in [6, 6.07) is 15.3. The molecule has 5 aromatic rings. The lowest BCUT2D eigenvalue weighted by molar-refractivity contribution is -0.144. The average molecular weight is 987 g/mol. The van der Waals surface area contributed by atoms with Crippen LogP contribution in [0.5, 0.6) is 5.75 Å². The van der Waals surface area contributed by atoms with Crippen molar-refractivity contribution in [2.75, 3.05) is 32.9 Å². The summed E-state index contributed by atoms with van der Waals surface area (Å²) in [6.45, 7) is 13.8. The number of rotatable bonds is 21. The second-order valence-corrected chi connectivity index (χ2v) is 21.5. The molecule has 2 aliphatic heterocycles. The molecule has 3 aromatic carbocycles. The van der Waals surface area contributed by atoms with E-state index in [1.165, 1.54) is 30.9 Å². The maximum atomic E-state index is 16.0. The molecule has 2 aliphatic rings. The summed E-state index contributed by atoms with van der Waals surface area (Å²) in [4.78, 5) is 52.6. The second-order valence-electron chi connectivity index (χ2n) is 20.6. The van der Waals surface area contributed by atoms with Crippen molar-refractivity contribution < 1.29 is 42.1 Å². The van der Waals surface area contributed by atoms with Crippen LogP contribution in [0.1, 0.15) is 121 Å². The largest absolute Gasteiger partial charge is 0.493 e. The fourth-order valence-corrected chi connectivity index (χ4v) is 10.5. The van der Waals surface area contributed by atoms with Crippen LogP contribution in [-0.4, -0.2) is 105 Å². The van der Waals surface area contributed by atoms with Gasteiger partial charge in [-0.05, 0) is 88.0 Å². The Labute approximate surface area is 413 Å². The molecule has 16 heteroatoms. The zero-order valence-electron chi connectivity index (χ0n) is 41.5. The van der Waals surface area contributed by atoms with Crippen LogP contribution in [0.15, 0.2) is 66.2 Å². The van der Waals surface area contributed by atoms with Crippen LogP contribution in [0.2, 0.25) is 0 Å². The lowest BCUT2D eigenvalue weighted by atomic mass is 9.85. The van der Waals surface area contributed by atoms with E-state index in [1.807, 2.05) is 93.6 Å². The van der Waals surface area contributed by atoms with Crippen molar-refractivity contribution in [2.45, 2.75) is 142 Å². The first-order chi connectivity index (χ1) is 33.3. The second kappa shape index (κ2) is 22.9. The molecule has 70 heavy (non-hydrogen) atoms. The lowest BCUT2D eigenvalue weighted by Gasteiger charge is -2.43. The molecule has 0 spiro atoms.